The molecule has 1 aromatic carbocycles. The zero-order chi connectivity index (χ0) is 15.6. The van der Waals surface area contributed by atoms with Crippen LogP contribution in [0, 0.1) is 0 Å². The normalized spacial score (nSPS) is 11.8. The van der Waals surface area contributed by atoms with E-state index in [1.54, 1.807) is 20.0 Å². The first-order chi connectivity index (χ1) is 10.5. The van der Waals surface area contributed by atoms with Gasteiger partial charge in [0, 0.05) is 25.5 Å². The Labute approximate surface area is 129 Å². The van der Waals surface area contributed by atoms with Gasteiger partial charge in [-0.15, -0.1) is 0 Å². The number of hydrogen-bond donors (Lipinski definition) is 2. The Morgan fingerprint density at radius 1 is 1.18 bits per heavy atom. The Hall–Kier alpha value is -2.40. The smallest absolute Gasteiger partial charge is 0.204 e. The van der Waals surface area contributed by atoms with E-state index in [9.17, 15) is 5.11 Å². The molecule has 0 aliphatic rings. The lowest BCUT2D eigenvalue weighted by molar-refractivity contribution is 0.0866. The second-order valence-electron chi connectivity index (χ2n) is 6.11. The van der Waals surface area contributed by atoms with Gasteiger partial charge in [0.2, 0.25) is 5.95 Å². The molecular formula is C17H20N4O. The highest BCUT2D eigenvalue weighted by atomic mass is 16.3. The standard InChI is InChI=1S/C17H20N4O/c1-17(2,22)12-21(11-13-6-5-9-18-10-13)16-19-14-7-3-4-8-15(14)20-16/h3-10,22H,11-12H2,1-2H3,(H,19,20). The van der Waals surface area contributed by atoms with Crippen molar-refractivity contribution in [2.75, 3.05) is 11.4 Å². The van der Waals surface area contributed by atoms with Crippen LogP contribution in [0.3, 0.4) is 0 Å². The Morgan fingerprint density at radius 3 is 2.68 bits per heavy atom. The summed E-state index contributed by atoms with van der Waals surface area (Å²) in [5.74, 6) is 0.757. The predicted molar refractivity (Wildman–Crippen MR) is 87.7 cm³/mol. The number of rotatable bonds is 5. The summed E-state index contributed by atoms with van der Waals surface area (Å²) < 4.78 is 0. The monoisotopic (exact) mass is 296 g/mol. The van der Waals surface area contributed by atoms with Crippen LogP contribution in [0.1, 0.15) is 19.4 Å². The molecule has 3 rings (SSSR count). The summed E-state index contributed by atoms with van der Waals surface area (Å²) in [6.45, 7) is 4.71. The summed E-state index contributed by atoms with van der Waals surface area (Å²) in [4.78, 5) is 14.1. The van der Waals surface area contributed by atoms with Gasteiger partial charge in [-0.1, -0.05) is 18.2 Å². The molecule has 114 valence electrons. The summed E-state index contributed by atoms with van der Waals surface area (Å²) in [7, 11) is 0. The van der Waals surface area contributed by atoms with Gasteiger partial charge in [0.05, 0.1) is 16.6 Å². The number of nitrogens with zero attached hydrogens (tertiary/aromatic N) is 3. The fourth-order valence-electron chi connectivity index (χ4n) is 2.47. The largest absolute Gasteiger partial charge is 0.389 e. The van der Waals surface area contributed by atoms with Crippen LogP contribution in [0.25, 0.3) is 11.0 Å². The van der Waals surface area contributed by atoms with Crippen LogP contribution in [0.2, 0.25) is 0 Å². The van der Waals surface area contributed by atoms with Gasteiger partial charge in [0.15, 0.2) is 0 Å². The molecule has 0 fully saturated rings. The third kappa shape index (κ3) is 3.43. The lowest BCUT2D eigenvalue weighted by atomic mass is 10.1. The third-order valence-electron chi connectivity index (χ3n) is 3.35. The lowest BCUT2D eigenvalue weighted by Crippen LogP contribution is -2.38. The van der Waals surface area contributed by atoms with E-state index in [1.165, 1.54) is 0 Å². The number of aliphatic hydroxyl groups is 1. The fraction of sp³-hybridized carbons (Fsp3) is 0.294. The average Bonchev–Trinajstić information content (AvgIpc) is 2.90. The first kappa shape index (κ1) is 14.5. The molecule has 0 amide bonds. The van der Waals surface area contributed by atoms with E-state index in [0.29, 0.717) is 13.1 Å². The topological polar surface area (TPSA) is 65.0 Å². The number of para-hydroxylation sites is 2. The zero-order valence-corrected chi connectivity index (χ0v) is 12.8. The SMILES string of the molecule is CC(C)(O)CN(Cc1cccnc1)c1nc2ccccc2[nH]1. The average molecular weight is 296 g/mol. The van der Waals surface area contributed by atoms with E-state index in [2.05, 4.69) is 15.0 Å². The van der Waals surface area contributed by atoms with E-state index in [0.717, 1.165) is 22.5 Å². The number of anilines is 1. The van der Waals surface area contributed by atoms with Crippen LogP contribution in [-0.4, -0.2) is 32.2 Å². The molecule has 0 bridgehead atoms. The van der Waals surface area contributed by atoms with Gasteiger partial charge in [0.25, 0.3) is 0 Å². The van der Waals surface area contributed by atoms with Crippen molar-refractivity contribution < 1.29 is 5.11 Å². The van der Waals surface area contributed by atoms with Crippen LogP contribution >= 0.6 is 0 Å². The van der Waals surface area contributed by atoms with Gasteiger partial charge in [0.1, 0.15) is 0 Å². The van der Waals surface area contributed by atoms with Crippen molar-refractivity contribution in [3.05, 3.63) is 54.4 Å². The number of benzene rings is 1. The number of nitrogens with one attached hydrogen (secondary N) is 1. The molecule has 0 atom stereocenters. The van der Waals surface area contributed by atoms with Crippen LogP contribution < -0.4 is 4.90 Å². The zero-order valence-electron chi connectivity index (χ0n) is 12.8. The first-order valence-corrected chi connectivity index (χ1v) is 7.32. The molecule has 0 aliphatic heterocycles. The van der Waals surface area contributed by atoms with Crippen LogP contribution in [0.5, 0.6) is 0 Å². The van der Waals surface area contributed by atoms with Crippen molar-refractivity contribution in [1.82, 2.24) is 15.0 Å². The van der Waals surface area contributed by atoms with E-state index < -0.39 is 5.60 Å². The fourth-order valence-corrected chi connectivity index (χ4v) is 2.47. The van der Waals surface area contributed by atoms with Gasteiger partial charge in [-0.25, -0.2) is 4.98 Å². The van der Waals surface area contributed by atoms with E-state index in [-0.39, 0.29) is 0 Å². The predicted octanol–water partition coefficient (Wildman–Crippen LogP) is 2.74. The summed E-state index contributed by atoms with van der Waals surface area (Å²) in [5.41, 5.74) is 2.17. The van der Waals surface area contributed by atoms with Crippen molar-refractivity contribution in [3.8, 4) is 0 Å². The van der Waals surface area contributed by atoms with Gasteiger partial charge in [-0.2, -0.15) is 0 Å². The molecule has 0 aliphatic carbocycles. The number of imidazole rings is 1. The minimum atomic E-state index is -0.818. The van der Waals surface area contributed by atoms with Gasteiger partial charge >= 0.3 is 0 Å². The first-order valence-electron chi connectivity index (χ1n) is 7.32. The van der Waals surface area contributed by atoms with Crippen LogP contribution in [-0.2, 0) is 6.54 Å². The van der Waals surface area contributed by atoms with Crippen LogP contribution in [0.15, 0.2) is 48.8 Å². The molecule has 5 heteroatoms. The molecule has 0 spiro atoms. The van der Waals surface area contributed by atoms with Crippen molar-refractivity contribution in [3.63, 3.8) is 0 Å². The highest BCUT2D eigenvalue weighted by Crippen LogP contribution is 2.20. The number of aromatic amines is 1. The Kier molecular flexibility index (Phi) is 3.81. The molecule has 22 heavy (non-hydrogen) atoms. The van der Waals surface area contributed by atoms with Crippen molar-refractivity contribution in [1.29, 1.82) is 0 Å². The minimum Gasteiger partial charge on any atom is -0.389 e. The van der Waals surface area contributed by atoms with Crippen molar-refractivity contribution in [2.24, 2.45) is 0 Å². The number of pyridine rings is 1. The van der Waals surface area contributed by atoms with Gasteiger partial charge in [-0.3, -0.25) is 4.98 Å². The summed E-state index contributed by atoms with van der Waals surface area (Å²) in [6, 6.07) is 11.9. The number of hydrogen-bond acceptors (Lipinski definition) is 4. The molecule has 2 heterocycles. The number of aromatic nitrogens is 3. The van der Waals surface area contributed by atoms with Gasteiger partial charge < -0.3 is 15.0 Å². The molecule has 2 aromatic heterocycles. The Balaban J connectivity index is 1.93. The van der Waals surface area contributed by atoms with Crippen molar-refractivity contribution >= 4 is 17.0 Å². The second kappa shape index (κ2) is 5.77. The second-order valence-corrected chi connectivity index (χ2v) is 6.11. The quantitative estimate of drug-likeness (QED) is 0.760. The molecule has 3 aromatic rings. The van der Waals surface area contributed by atoms with Gasteiger partial charge in [-0.05, 0) is 37.6 Å². The maximum absolute atomic E-state index is 10.2. The Morgan fingerprint density at radius 2 is 2.00 bits per heavy atom. The third-order valence-corrected chi connectivity index (χ3v) is 3.35. The molecule has 0 radical (unpaired) electrons. The maximum Gasteiger partial charge on any atom is 0.204 e. The number of H-pyrrole nitrogens is 1. The molecular weight excluding hydrogens is 276 g/mol. The highest BCUT2D eigenvalue weighted by molar-refractivity contribution is 5.77. The maximum atomic E-state index is 10.2. The number of fused-ring (bicyclic) bond motifs is 1. The van der Waals surface area contributed by atoms with E-state index in [1.807, 2.05) is 47.5 Å². The molecule has 5 nitrogen and oxygen atoms in total. The molecule has 0 unspecified atom stereocenters. The van der Waals surface area contributed by atoms with Crippen molar-refractivity contribution in [2.45, 2.75) is 26.0 Å². The summed E-state index contributed by atoms with van der Waals surface area (Å²) >= 11 is 0. The van der Waals surface area contributed by atoms with E-state index in [4.69, 9.17) is 0 Å². The van der Waals surface area contributed by atoms with E-state index >= 15 is 0 Å². The highest BCUT2D eigenvalue weighted by Gasteiger charge is 2.21. The lowest BCUT2D eigenvalue weighted by Gasteiger charge is -2.28. The molecule has 0 saturated carbocycles. The Bertz CT molecular complexity index is 713. The molecule has 2 N–H and O–H groups in total. The minimum absolute atomic E-state index is 0.474. The summed E-state index contributed by atoms with van der Waals surface area (Å²) in [5, 5.41) is 10.2. The molecule has 0 saturated heterocycles. The summed E-state index contributed by atoms with van der Waals surface area (Å²) in [6.07, 6.45) is 3.59. The van der Waals surface area contributed by atoms with Crippen LogP contribution in [0.4, 0.5) is 5.95 Å².